The SMILES string of the molecule is COc1ccc(NC(=O)N(CCCN2CCC(Cc3ccc(F)cc3)CC2)c2ccccc2)cc1. The molecule has 0 aliphatic carbocycles. The van der Waals surface area contributed by atoms with Crippen LogP contribution in [0.4, 0.5) is 20.6 Å². The third kappa shape index (κ3) is 7.30. The van der Waals surface area contributed by atoms with E-state index in [9.17, 15) is 9.18 Å². The number of halogens is 1. The molecule has 184 valence electrons. The second-order valence-corrected chi connectivity index (χ2v) is 9.12. The number of likely N-dealkylation sites (tertiary alicyclic amines) is 1. The Balaban J connectivity index is 1.27. The van der Waals surface area contributed by atoms with Crippen LogP contribution >= 0.6 is 0 Å². The number of hydrogen-bond acceptors (Lipinski definition) is 3. The van der Waals surface area contributed by atoms with E-state index in [1.807, 2.05) is 71.6 Å². The van der Waals surface area contributed by atoms with E-state index in [1.54, 1.807) is 19.2 Å². The lowest BCUT2D eigenvalue weighted by Gasteiger charge is -2.32. The van der Waals surface area contributed by atoms with Crippen LogP contribution in [0.1, 0.15) is 24.8 Å². The molecule has 2 amide bonds. The Labute approximate surface area is 207 Å². The largest absolute Gasteiger partial charge is 0.497 e. The highest BCUT2D eigenvalue weighted by Crippen LogP contribution is 2.23. The summed E-state index contributed by atoms with van der Waals surface area (Å²) in [4.78, 5) is 17.4. The molecule has 1 aliphatic heterocycles. The van der Waals surface area contributed by atoms with E-state index in [4.69, 9.17) is 4.74 Å². The molecular formula is C29H34FN3O2. The number of ether oxygens (including phenoxy) is 1. The number of rotatable bonds is 9. The maximum atomic E-state index is 13.1. The van der Waals surface area contributed by atoms with Gasteiger partial charge in [0.1, 0.15) is 11.6 Å². The van der Waals surface area contributed by atoms with Gasteiger partial charge in [-0.2, -0.15) is 0 Å². The number of nitrogens with zero attached hydrogens (tertiary/aromatic N) is 2. The van der Waals surface area contributed by atoms with Crippen molar-refractivity contribution < 1.29 is 13.9 Å². The second kappa shape index (κ2) is 12.4. The summed E-state index contributed by atoms with van der Waals surface area (Å²) in [5.74, 6) is 1.22. The van der Waals surface area contributed by atoms with Crippen molar-refractivity contribution in [3.05, 3.63) is 90.2 Å². The Hall–Kier alpha value is -3.38. The molecule has 1 saturated heterocycles. The number of nitrogens with one attached hydrogen (secondary N) is 1. The highest BCUT2D eigenvalue weighted by atomic mass is 19.1. The van der Waals surface area contributed by atoms with Gasteiger partial charge in [-0.05, 0) is 105 Å². The molecule has 0 radical (unpaired) electrons. The normalized spacial score (nSPS) is 14.5. The molecule has 1 fully saturated rings. The van der Waals surface area contributed by atoms with Gasteiger partial charge in [-0.3, -0.25) is 4.90 Å². The van der Waals surface area contributed by atoms with Gasteiger partial charge in [0.15, 0.2) is 0 Å². The molecule has 1 heterocycles. The van der Waals surface area contributed by atoms with E-state index in [0.29, 0.717) is 12.5 Å². The van der Waals surface area contributed by atoms with Gasteiger partial charge in [-0.25, -0.2) is 9.18 Å². The number of piperidine rings is 1. The fraction of sp³-hybridized carbons (Fsp3) is 0.345. The summed E-state index contributed by atoms with van der Waals surface area (Å²) in [6, 6.07) is 23.9. The van der Waals surface area contributed by atoms with Crippen molar-refractivity contribution in [1.82, 2.24) is 4.90 Å². The van der Waals surface area contributed by atoms with Crippen LogP contribution in [0.3, 0.4) is 0 Å². The number of anilines is 2. The number of para-hydroxylation sites is 1. The molecule has 0 aromatic heterocycles. The van der Waals surface area contributed by atoms with Crippen LogP contribution in [-0.2, 0) is 6.42 Å². The molecule has 6 heteroatoms. The van der Waals surface area contributed by atoms with Gasteiger partial charge in [-0.1, -0.05) is 30.3 Å². The molecule has 0 atom stereocenters. The van der Waals surface area contributed by atoms with E-state index >= 15 is 0 Å². The van der Waals surface area contributed by atoms with Crippen molar-refractivity contribution in [1.29, 1.82) is 0 Å². The smallest absolute Gasteiger partial charge is 0.326 e. The lowest BCUT2D eigenvalue weighted by Crippen LogP contribution is -2.39. The number of carbonyl (C=O) groups excluding carboxylic acids is 1. The molecule has 35 heavy (non-hydrogen) atoms. The molecule has 1 N–H and O–H groups in total. The van der Waals surface area contributed by atoms with Crippen molar-refractivity contribution >= 4 is 17.4 Å². The monoisotopic (exact) mass is 475 g/mol. The van der Waals surface area contributed by atoms with Gasteiger partial charge in [-0.15, -0.1) is 0 Å². The number of benzene rings is 3. The quantitative estimate of drug-likeness (QED) is 0.400. The minimum Gasteiger partial charge on any atom is -0.497 e. The van der Waals surface area contributed by atoms with Gasteiger partial charge in [0.05, 0.1) is 7.11 Å². The standard InChI is InChI=1S/C29H34FN3O2/c1-35-28-14-12-26(13-15-28)31-29(34)33(27-6-3-2-4-7-27)19-5-18-32-20-16-24(17-21-32)22-23-8-10-25(30)11-9-23/h2-4,6-15,24H,5,16-22H2,1H3,(H,31,34). The topological polar surface area (TPSA) is 44.8 Å². The lowest BCUT2D eigenvalue weighted by molar-refractivity contribution is 0.183. The zero-order valence-electron chi connectivity index (χ0n) is 20.3. The van der Waals surface area contributed by atoms with Gasteiger partial charge in [0, 0.05) is 17.9 Å². The minimum atomic E-state index is -0.175. The maximum absolute atomic E-state index is 13.1. The molecule has 0 saturated carbocycles. The molecule has 5 nitrogen and oxygen atoms in total. The lowest BCUT2D eigenvalue weighted by atomic mass is 9.90. The van der Waals surface area contributed by atoms with E-state index in [-0.39, 0.29) is 11.8 Å². The zero-order valence-corrected chi connectivity index (χ0v) is 20.3. The highest BCUT2D eigenvalue weighted by molar-refractivity contribution is 6.01. The van der Waals surface area contributed by atoms with Crippen LogP contribution in [0.2, 0.25) is 0 Å². The fourth-order valence-corrected chi connectivity index (χ4v) is 4.64. The van der Waals surface area contributed by atoms with Crippen molar-refractivity contribution in [3.63, 3.8) is 0 Å². The number of methoxy groups -OCH3 is 1. The third-order valence-electron chi connectivity index (χ3n) is 6.66. The summed E-state index contributed by atoms with van der Waals surface area (Å²) in [6.45, 7) is 3.73. The molecule has 1 aliphatic rings. The Kier molecular flexibility index (Phi) is 8.74. The molecule has 0 unspecified atom stereocenters. The molecule has 3 aromatic carbocycles. The van der Waals surface area contributed by atoms with Crippen molar-refractivity contribution in [2.24, 2.45) is 5.92 Å². The first-order valence-corrected chi connectivity index (χ1v) is 12.3. The summed E-state index contributed by atoms with van der Waals surface area (Å²) in [5, 5.41) is 3.01. The predicted molar refractivity (Wildman–Crippen MR) is 140 cm³/mol. The number of hydrogen-bond donors (Lipinski definition) is 1. The van der Waals surface area contributed by atoms with Gasteiger partial charge < -0.3 is 15.0 Å². The van der Waals surface area contributed by atoms with Crippen LogP contribution in [0, 0.1) is 11.7 Å². The van der Waals surface area contributed by atoms with E-state index < -0.39 is 0 Å². The van der Waals surface area contributed by atoms with Gasteiger partial charge >= 0.3 is 6.03 Å². The first kappa shape index (κ1) is 24.7. The van der Waals surface area contributed by atoms with Crippen LogP contribution < -0.4 is 15.0 Å². The maximum Gasteiger partial charge on any atom is 0.326 e. The van der Waals surface area contributed by atoms with E-state index in [0.717, 1.165) is 62.4 Å². The van der Waals surface area contributed by atoms with Crippen LogP contribution in [0.25, 0.3) is 0 Å². The van der Waals surface area contributed by atoms with Crippen LogP contribution in [-0.4, -0.2) is 44.2 Å². The molecule has 0 bridgehead atoms. The zero-order chi connectivity index (χ0) is 24.5. The van der Waals surface area contributed by atoms with E-state index in [2.05, 4.69) is 10.2 Å². The van der Waals surface area contributed by atoms with Gasteiger partial charge in [0.2, 0.25) is 0 Å². The summed E-state index contributed by atoms with van der Waals surface area (Å²) < 4.78 is 18.3. The van der Waals surface area contributed by atoms with Crippen LogP contribution in [0.15, 0.2) is 78.9 Å². The Bertz CT molecular complexity index is 1050. The first-order chi connectivity index (χ1) is 17.1. The summed E-state index contributed by atoms with van der Waals surface area (Å²) in [5.41, 5.74) is 2.84. The third-order valence-corrected chi connectivity index (χ3v) is 6.66. The second-order valence-electron chi connectivity index (χ2n) is 9.12. The average Bonchev–Trinajstić information content (AvgIpc) is 2.90. The summed E-state index contributed by atoms with van der Waals surface area (Å²) in [6.07, 6.45) is 4.21. The Morgan fingerprint density at radius 2 is 1.69 bits per heavy atom. The molecule has 0 spiro atoms. The Morgan fingerprint density at radius 3 is 2.34 bits per heavy atom. The summed E-state index contributed by atoms with van der Waals surface area (Å²) >= 11 is 0. The van der Waals surface area contributed by atoms with Gasteiger partial charge in [0.25, 0.3) is 0 Å². The molecule has 3 aromatic rings. The summed E-state index contributed by atoms with van der Waals surface area (Å²) in [7, 11) is 1.62. The van der Waals surface area contributed by atoms with Crippen molar-refractivity contribution in [2.75, 3.05) is 43.5 Å². The number of amides is 2. The van der Waals surface area contributed by atoms with Crippen LogP contribution in [0.5, 0.6) is 5.75 Å². The fourth-order valence-electron chi connectivity index (χ4n) is 4.64. The predicted octanol–water partition coefficient (Wildman–Crippen LogP) is 6.22. The van der Waals surface area contributed by atoms with Crippen molar-refractivity contribution in [3.8, 4) is 5.75 Å². The minimum absolute atomic E-state index is 0.139. The first-order valence-electron chi connectivity index (χ1n) is 12.3. The average molecular weight is 476 g/mol. The highest BCUT2D eigenvalue weighted by Gasteiger charge is 2.21. The number of urea groups is 1. The Morgan fingerprint density at radius 1 is 1.00 bits per heavy atom. The number of carbonyl (C=O) groups is 1. The molecule has 4 rings (SSSR count). The molecular weight excluding hydrogens is 441 g/mol. The van der Waals surface area contributed by atoms with Crippen molar-refractivity contribution in [2.45, 2.75) is 25.7 Å². The van der Waals surface area contributed by atoms with E-state index in [1.165, 1.54) is 5.56 Å².